The van der Waals surface area contributed by atoms with Gasteiger partial charge in [0.1, 0.15) is 4.61 Å². The van der Waals surface area contributed by atoms with Crippen LogP contribution in [0, 0.1) is 0 Å². The van der Waals surface area contributed by atoms with Crippen molar-refractivity contribution in [3.63, 3.8) is 0 Å². The molecule has 0 saturated carbocycles. The number of nitrogens with one attached hydrogen (secondary N) is 1. The van der Waals surface area contributed by atoms with E-state index in [9.17, 15) is 0 Å². The van der Waals surface area contributed by atoms with E-state index in [1.165, 1.54) is 0 Å². The minimum absolute atomic E-state index is 0.746. The Bertz CT molecular complexity index is 305. The first kappa shape index (κ1) is 8.28. The summed E-state index contributed by atoms with van der Waals surface area (Å²) in [6, 6.07) is 0. The summed E-state index contributed by atoms with van der Waals surface area (Å²) in [6.07, 6.45) is 5.21. The van der Waals surface area contributed by atoms with E-state index in [1.54, 1.807) is 18.6 Å². The Labute approximate surface area is 86.5 Å². The molecule has 2 aliphatic heterocycles. The highest BCUT2D eigenvalue weighted by atomic mass is 79.9. The van der Waals surface area contributed by atoms with Gasteiger partial charge >= 0.3 is 0 Å². The average molecular weight is 294 g/mol. The van der Waals surface area contributed by atoms with E-state index in [0.717, 1.165) is 10.3 Å². The van der Waals surface area contributed by atoms with Gasteiger partial charge in [-0.15, -0.1) is 0 Å². The standard InChI is InChI=1S/C6H6Br2N4/c7-5-4-3-10-1-2-12(4)6(8,9)11-5/h1-3,11H,9H2. The second kappa shape index (κ2) is 2.58. The SMILES string of the molecule is NC1(Br)NC(Br)=C2C=NC=CN21. The van der Waals surface area contributed by atoms with E-state index in [0.29, 0.717) is 0 Å². The molecule has 0 amide bonds. The third-order valence-corrected chi connectivity index (χ3v) is 2.80. The summed E-state index contributed by atoms with van der Waals surface area (Å²) in [5.74, 6) is 0. The summed E-state index contributed by atoms with van der Waals surface area (Å²) < 4.78 is 0.0828. The summed E-state index contributed by atoms with van der Waals surface area (Å²) in [6.45, 7) is 0. The monoisotopic (exact) mass is 292 g/mol. The lowest BCUT2D eigenvalue weighted by molar-refractivity contribution is 0.330. The number of aliphatic imine (C=N–C) groups is 1. The smallest absolute Gasteiger partial charge is 0.227 e. The number of halogens is 2. The molecular formula is C6H6Br2N4. The van der Waals surface area contributed by atoms with Gasteiger partial charge in [0.2, 0.25) is 4.70 Å². The lowest BCUT2D eigenvalue weighted by atomic mass is 10.4. The predicted octanol–water partition coefficient (Wildman–Crippen LogP) is 0.976. The van der Waals surface area contributed by atoms with Crippen LogP contribution in [0.1, 0.15) is 0 Å². The number of rotatable bonds is 0. The summed E-state index contributed by atoms with van der Waals surface area (Å²) >= 11 is 6.68. The van der Waals surface area contributed by atoms with Crippen LogP contribution in [-0.2, 0) is 0 Å². The van der Waals surface area contributed by atoms with Crippen molar-refractivity contribution in [1.82, 2.24) is 10.2 Å². The number of alkyl halides is 1. The zero-order chi connectivity index (χ0) is 8.77. The Morgan fingerprint density at radius 2 is 2.42 bits per heavy atom. The molecule has 0 aliphatic carbocycles. The summed E-state index contributed by atoms with van der Waals surface area (Å²) in [4.78, 5) is 5.82. The average Bonchev–Trinajstić information content (AvgIpc) is 2.25. The van der Waals surface area contributed by atoms with E-state index < -0.39 is 4.70 Å². The van der Waals surface area contributed by atoms with Crippen molar-refractivity contribution in [2.45, 2.75) is 4.70 Å². The van der Waals surface area contributed by atoms with Gasteiger partial charge in [0.05, 0.1) is 11.9 Å². The van der Waals surface area contributed by atoms with Gasteiger partial charge in [0.25, 0.3) is 0 Å². The number of fused-ring (bicyclic) bond motifs is 1. The fourth-order valence-electron chi connectivity index (χ4n) is 1.09. The van der Waals surface area contributed by atoms with Crippen molar-refractivity contribution < 1.29 is 0 Å². The highest BCUT2D eigenvalue weighted by Gasteiger charge is 2.38. The van der Waals surface area contributed by atoms with Crippen LogP contribution in [0.4, 0.5) is 0 Å². The molecular weight excluding hydrogens is 288 g/mol. The zero-order valence-electron chi connectivity index (χ0n) is 5.96. The third-order valence-electron chi connectivity index (χ3n) is 1.62. The number of hydrogen-bond acceptors (Lipinski definition) is 4. The van der Waals surface area contributed by atoms with Gasteiger partial charge in [0.15, 0.2) is 0 Å². The molecule has 6 heteroatoms. The van der Waals surface area contributed by atoms with E-state index in [1.807, 2.05) is 4.90 Å². The molecule has 0 spiro atoms. The quantitative estimate of drug-likeness (QED) is 0.517. The molecule has 1 atom stereocenters. The number of nitrogens with two attached hydrogens (primary N) is 1. The molecule has 0 aromatic carbocycles. The Hall–Kier alpha value is -0.330. The third kappa shape index (κ3) is 1.10. The molecule has 2 rings (SSSR count). The second-order valence-electron chi connectivity index (χ2n) is 2.44. The van der Waals surface area contributed by atoms with E-state index in [2.05, 4.69) is 42.2 Å². The Morgan fingerprint density at radius 3 is 3.08 bits per heavy atom. The number of nitrogens with zero attached hydrogens (tertiary/aromatic N) is 2. The van der Waals surface area contributed by atoms with E-state index in [-0.39, 0.29) is 0 Å². The van der Waals surface area contributed by atoms with Gasteiger partial charge in [-0.25, -0.2) is 0 Å². The van der Waals surface area contributed by atoms with Crippen LogP contribution in [0.2, 0.25) is 0 Å². The van der Waals surface area contributed by atoms with Gasteiger partial charge in [-0.3, -0.25) is 15.6 Å². The van der Waals surface area contributed by atoms with Crippen LogP contribution < -0.4 is 11.1 Å². The highest BCUT2D eigenvalue weighted by molar-refractivity contribution is 9.12. The van der Waals surface area contributed by atoms with Crippen LogP contribution in [-0.4, -0.2) is 15.8 Å². The van der Waals surface area contributed by atoms with Gasteiger partial charge in [-0.2, -0.15) is 0 Å². The maximum absolute atomic E-state index is 5.87. The van der Waals surface area contributed by atoms with Crippen molar-refractivity contribution in [3.05, 3.63) is 22.7 Å². The molecule has 2 aliphatic rings. The number of allylic oxidation sites excluding steroid dienone is 1. The predicted molar refractivity (Wildman–Crippen MR) is 54.4 cm³/mol. The summed E-state index contributed by atoms with van der Waals surface area (Å²) in [5.41, 5.74) is 6.78. The first-order valence-electron chi connectivity index (χ1n) is 3.26. The molecule has 4 nitrogen and oxygen atoms in total. The van der Waals surface area contributed by atoms with Crippen molar-refractivity contribution in [2.24, 2.45) is 10.7 Å². The van der Waals surface area contributed by atoms with Crippen LogP contribution in [0.25, 0.3) is 0 Å². The minimum Gasteiger partial charge on any atom is -0.333 e. The molecule has 0 fully saturated rings. The molecule has 3 N–H and O–H groups in total. The minimum atomic E-state index is -0.746. The van der Waals surface area contributed by atoms with Gasteiger partial charge < -0.3 is 5.32 Å². The Kier molecular flexibility index (Phi) is 1.78. The largest absolute Gasteiger partial charge is 0.333 e. The lowest BCUT2D eigenvalue weighted by Crippen LogP contribution is -2.53. The van der Waals surface area contributed by atoms with Crippen LogP contribution >= 0.6 is 31.9 Å². The highest BCUT2D eigenvalue weighted by Crippen LogP contribution is 2.32. The van der Waals surface area contributed by atoms with Crippen molar-refractivity contribution >= 4 is 38.1 Å². The summed E-state index contributed by atoms with van der Waals surface area (Å²) in [5, 5.41) is 3.01. The fraction of sp³-hybridized carbons (Fsp3) is 0.167. The molecule has 0 saturated heterocycles. The van der Waals surface area contributed by atoms with Gasteiger partial charge in [0, 0.05) is 12.4 Å². The maximum Gasteiger partial charge on any atom is 0.227 e. The van der Waals surface area contributed by atoms with Crippen molar-refractivity contribution in [1.29, 1.82) is 0 Å². The maximum atomic E-state index is 5.87. The van der Waals surface area contributed by atoms with E-state index >= 15 is 0 Å². The lowest BCUT2D eigenvalue weighted by Gasteiger charge is -2.29. The first-order chi connectivity index (χ1) is 5.61. The van der Waals surface area contributed by atoms with Crippen LogP contribution in [0.15, 0.2) is 27.7 Å². The van der Waals surface area contributed by atoms with Gasteiger partial charge in [-0.1, -0.05) is 0 Å². The van der Waals surface area contributed by atoms with Crippen LogP contribution in [0.3, 0.4) is 0 Å². The molecule has 0 aromatic heterocycles. The van der Waals surface area contributed by atoms with Crippen LogP contribution in [0.5, 0.6) is 0 Å². The molecule has 12 heavy (non-hydrogen) atoms. The molecule has 0 bridgehead atoms. The van der Waals surface area contributed by atoms with Gasteiger partial charge in [-0.05, 0) is 31.9 Å². The molecule has 0 aromatic rings. The van der Waals surface area contributed by atoms with Crippen molar-refractivity contribution in [2.75, 3.05) is 0 Å². The Morgan fingerprint density at radius 1 is 1.67 bits per heavy atom. The van der Waals surface area contributed by atoms with E-state index in [4.69, 9.17) is 5.73 Å². The Balaban J connectivity index is 2.43. The number of hydrogen-bond donors (Lipinski definition) is 2. The van der Waals surface area contributed by atoms with Crippen molar-refractivity contribution in [3.8, 4) is 0 Å². The second-order valence-corrected chi connectivity index (χ2v) is 4.45. The fourth-order valence-corrected chi connectivity index (χ4v) is 2.45. The topological polar surface area (TPSA) is 53.6 Å². The first-order valence-corrected chi connectivity index (χ1v) is 4.85. The summed E-state index contributed by atoms with van der Waals surface area (Å²) in [7, 11) is 0. The normalized spacial score (nSPS) is 32.4. The zero-order valence-corrected chi connectivity index (χ0v) is 9.13. The molecule has 1 unspecified atom stereocenters. The molecule has 2 heterocycles. The molecule has 64 valence electrons. The molecule has 0 radical (unpaired) electrons.